The zero-order valence-electron chi connectivity index (χ0n) is 17.0. The van der Waals surface area contributed by atoms with E-state index in [2.05, 4.69) is 22.0 Å². The van der Waals surface area contributed by atoms with Crippen molar-refractivity contribution in [2.45, 2.75) is 39.3 Å². The fraction of sp³-hybridized carbons (Fsp3) is 0.476. The van der Waals surface area contributed by atoms with Gasteiger partial charge in [-0.25, -0.2) is 0 Å². The van der Waals surface area contributed by atoms with Crippen LogP contribution in [0.25, 0.3) is 11.3 Å². The standard InChI is InChI=1S/C21H26ClN5O2/c1-13-11-26(8-9-27(13)14(2)28)12-15-10-23-24-21(15)17-4-6-18-16(20(17)22)5-7-19(29)25(18)3/h4,6,10,13H,5,7-9,11-12H2,1-3H3,(H,23,24). The quantitative estimate of drug-likeness (QED) is 0.836. The van der Waals surface area contributed by atoms with Gasteiger partial charge in [0.05, 0.1) is 10.7 Å². The fourth-order valence-electron chi connectivity index (χ4n) is 4.43. The number of hydrogen-bond acceptors (Lipinski definition) is 4. The van der Waals surface area contributed by atoms with Crippen LogP contribution in [0, 0.1) is 0 Å². The summed E-state index contributed by atoms with van der Waals surface area (Å²) in [6.07, 6.45) is 3.04. The number of aromatic amines is 1. The van der Waals surface area contributed by atoms with E-state index in [9.17, 15) is 9.59 Å². The Hall–Kier alpha value is -2.38. The van der Waals surface area contributed by atoms with Gasteiger partial charge in [-0.05, 0) is 31.0 Å². The lowest BCUT2D eigenvalue weighted by Crippen LogP contribution is -2.53. The summed E-state index contributed by atoms with van der Waals surface area (Å²) >= 11 is 6.77. The number of anilines is 1. The second-order valence-corrected chi connectivity index (χ2v) is 8.31. The molecular formula is C21H26ClN5O2. The molecule has 0 bridgehead atoms. The van der Waals surface area contributed by atoms with Gasteiger partial charge in [-0.15, -0.1) is 0 Å². The predicted octanol–water partition coefficient (Wildman–Crippen LogP) is 2.69. The number of fused-ring (bicyclic) bond motifs is 1. The molecule has 1 atom stereocenters. The lowest BCUT2D eigenvalue weighted by atomic mass is 9.96. The number of H-pyrrole nitrogens is 1. The second kappa shape index (κ2) is 7.80. The van der Waals surface area contributed by atoms with Gasteiger partial charge in [0.1, 0.15) is 0 Å². The molecule has 1 aromatic carbocycles. The minimum absolute atomic E-state index is 0.112. The van der Waals surface area contributed by atoms with Crippen molar-refractivity contribution in [1.29, 1.82) is 0 Å². The first-order chi connectivity index (χ1) is 13.9. The summed E-state index contributed by atoms with van der Waals surface area (Å²) in [5.41, 5.74) is 4.69. The molecule has 1 saturated heterocycles. The van der Waals surface area contributed by atoms with Gasteiger partial charge < -0.3 is 9.80 Å². The van der Waals surface area contributed by atoms with E-state index in [0.29, 0.717) is 17.9 Å². The monoisotopic (exact) mass is 415 g/mol. The Bertz CT molecular complexity index is 957. The molecule has 1 fully saturated rings. The molecule has 7 nitrogen and oxygen atoms in total. The smallest absolute Gasteiger partial charge is 0.227 e. The van der Waals surface area contributed by atoms with Crippen molar-refractivity contribution >= 4 is 29.1 Å². The van der Waals surface area contributed by atoms with Gasteiger partial charge in [-0.2, -0.15) is 5.10 Å². The lowest BCUT2D eigenvalue weighted by Gasteiger charge is -2.39. The molecule has 8 heteroatoms. The molecular weight excluding hydrogens is 390 g/mol. The van der Waals surface area contributed by atoms with Gasteiger partial charge >= 0.3 is 0 Å². The molecule has 1 aromatic heterocycles. The number of hydrogen-bond donors (Lipinski definition) is 1. The Morgan fingerprint density at radius 2 is 2.10 bits per heavy atom. The van der Waals surface area contributed by atoms with Crippen molar-refractivity contribution in [2.24, 2.45) is 0 Å². The van der Waals surface area contributed by atoms with Gasteiger partial charge in [0.2, 0.25) is 11.8 Å². The number of carbonyl (C=O) groups excluding carboxylic acids is 2. The van der Waals surface area contributed by atoms with Crippen LogP contribution in [0.3, 0.4) is 0 Å². The van der Waals surface area contributed by atoms with E-state index in [4.69, 9.17) is 11.6 Å². The van der Waals surface area contributed by atoms with E-state index in [1.807, 2.05) is 23.2 Å². The maximum atomic E-state index is 12.0. The molecule has 1 unspecified atom stereocenters. The average molecular weight is 416 g/mol. The second-order valence-electron chi connectivity index (χ2n) is 7.93. The van der Waals surface area contributed by atoms with E-state index < -0.39 is 0 Å². The van der Waals surface area contributed by atoms with Crippen molar-refractivity contribution < 1.29 is 9.59 Å². The number of aromatic nitrogens is 2. The molecule has 0 aliphatic carbocycles. The molecule has 2 aliphatic rings. The zero-order valence-corrected chi connectivity index (χ0v) is 17.8. The highest BCUT2D eigenvalue weighted by atomic mass is 35.5. The summed E-state index contributed by atoms with van der Waals surface area (Å²) in [4.78, 5) is 29.7. The van der Waals surface area contributed by atoms with Gasteiger partial charge in [-0.1, -0.05) is 11.6 Å². The summed E-state index contributed by atoms with van der Waals surface area (Å²) in [6.45, 7) is 6.86. The topological polar surface area (TPSA) is 72.5 Å². The molecule has 3 heterocycles. The Morgan fingerprint density at radius 1 is 1.31 bits per heavy atom. The van der Waals surface area contributed by atoms with Crippen LogP contribution in [0.2, 0.25) is 5.02 Å². The van der Waals surface area contributed by atoms with E-state index in [1.54, 1.807) is 18.9 Å². The van der Waals surface area contributed by atoms with Crippen LogP contribution in [0.5, 0.6) is 0 Å². The third-order valence-corrected chi connectivity index (χ3v) is 6.46. The molecule has 0 spiro atoms. The van der Waals surface area contributed by atoms with Crippen molar-refractivity contribution in [3.05, 3.63) is 34.5 Å². The minimum atomic E-state index is 0.112. The molecule has 29 heavy (non-hydrogen) atoms. The molecule has 154 valence electrons. The Balaban J connectivity index is 1.58. The highest BCUT2D eigenvalue weighted by molar-refractivity contribution is 6.34. The van der Waals surface area contributed by atoms with Crippen LogP contribution in [0.4, 0.5) is 5.69 Å². The van der Waals surface area contributed by atoms with Gasteiger partial charge in [0, 0.05) is 75.6 Å². The number of nitrogens with one attached hydrogen (secondary N) is 1. The van der Waals surface area contributed by atoms with Crippen LogP contribution in [0.1, 0.15) is 31.4 Å². The number of halogens is 1. The Morgan fingerprint density at radius 3 is 2.83 bits per heavy atom. The maximum Gasteiger partial charge on any atom is 0.227 e. The number of carbonyl (C=O) groups is 2. The highest BCUT2D eigenvalue weighted by Crippen LogP contribution is 2.39. The number of benzene rings is 1. The molecule has 1 N–H and O–H groups in total. The van der Waals surface area contributed by atoms with Gasteiger partial charge in [0.25, 0.3) is 0 Å². The summed E-state index contributed by atoms with van der Waals surface area (Å²) in [7, 11) is 1.79. The summed E-state index contributed by atoms with van der Waals surface area (Å²) in [6, 6.07) is 4.10. The van der Waals surface area contributed by atoms with Crippen LogP contribution >= 0.6 is 11.6 Å². The van der Waals surface area contributed by atoms with Crippen LogP contribution in [-0.2, 0) is 22.6 Å². The normalized spacial score (nSPS) is 20.1. The highest BCUT2D eigenvalue weighted by Gasteiger charge is 2.28. The summed E-state index contributed by atoms with van der Waals surface area (Å²) < 4.78 is 0. The average Bonchev–Trinajstić information content (AvgIpc) is 3.13. The number of amides is 2. The van der Waals surface area contributed by atoms with E-state index in [-0.39, 0.29) is 17.9 Å². The molecule has 2 aromatic rings. The molecule has 0 radical (unpaired) electrons. The first kappa shape index (κ1) is 19.9. The molecule has 4 rings (SSSR count). The van der Waals surface area contributed by atoms with E-state index in [1.165, 1.54) is 0 Å². The molecule has 2 aliphatic heterocycles. The largest absolute Gasteiger partial charge is 0.338 e. The molecule has 2 amide bonds. The van der Waals surface area contributed by atoms with Gasteiger partial charge in [0.15, 0.2) is 0 Å². The third-order valence-electron chi connectivity index (χ3n) is 6.03. The number of nitrogens with zero attached hydrogens (tertiary/aromatic N) is 4. The van der Waals surface area contributed by atoms with E-state index >= 15 is 0 Å². The third kappa shape index (κ3) is 3.65. The van der Waals surface area contributed by atoms with Crippen LogP contribution in [0.15, 0.2) is 18.3 Å². The van der Waals surface area contributed by atoms with Crippen LogP contribution < -0.4 is 4.90 Å². The molecule has 0 saturated carbocycles. The first-order valence-corrected chi connectivity index (χ1v) is 10.3. The van der Waals surface area contributed by atoms with Crippen molar-refractivity contribution in [3.63, 3.8) is 0 Å². The van der Waals surface area contributed by atoms with Crippen molar-refractivity contribution in [1.82, 2.24) is 20.0 Å². The Labute approximate surface area is 175 Å². The lowest BCUT2D eigenvalue weighted by molar-refractivity contribution is -0.133. The minimum Gasteiger partial charge on any atom is -0.338 e. The van der Waals surface area contributed by atoms with Crippen molar-refractivity contribution in [2.75, 3.05) is 31.6 Å². The van der Waals surface area contributed by atoms with E-state index in [0.717, 1.165) is 54.3 Å². The Kier molecular flexibility index (Phi) is 5.36. The number of piperazine rings is 1. The van der Waals surface area contributed by atoms with Crippen LogP contribution in [-0.4, -0.2) is 64.5 Å². The van der Waals surface area contributed by atoms with Gasteiger partial charge in [-0.3, -0.25) is 19.6 Å². The number of rotatable bonds is 3. The van der Waals surface area contributed by atoms with Crippen molar-refractivity contribution in [3.8, 4) is 11.3 Å². The SMILES string of the molecule is CC(=O)N1CCN(Cc2c[nH]nc2-c2ccc3c(c2Cl)CCC(=O)N3C)CC1C. The summed E-state index contributed by atoms with van der Waals surface area (Å²) in [5.74, 6) is 0.242. The first-order valence-electron chi connectivity index (χ1n) is 9.97. The fourth-order valence-corrected chi connectivity index (χ4v) is 4.78. The maximum absolute atomic E-state index is 12.0. The zero-order chi connectivity index (χ0) is 20.7. The predicted molar refractivity (Wildman–Crippen MR) is 113 cm³/mol. The summed E-state index contributed by atoms with van der Waals surface area (Å²) in [5, 5.41) is 8.13.